The van der Waals surface area contributed by atoms with E-state index in [-0.39, 0.29) is 17.7 Å². The van der Waals surface area contributed by atoms with Gasteiger partial charge in [0.25, 0.3) is 11.1 Å². The van der Waals surface area contributed by atoms with Gasteiger partial charge in [-0.05, 0) is 65.4 Å². The maximum atomic E-state index is 12.8. The molecule has 32 heavy (non-hydrogen) atoms. The zero-order chi connectivity index (χ0) is 22.7. The number of benzene rings is 3. The van der Waals surface area contributed by atoms with Crippen LogP contribution in [0.25, 0.3) is 6.08 Å². The van der Waals surface area contributed by atoms with Gasteiger partial charge in [0.15, 0.2) is 0 Å². The second kappa shape index (κ2) is 10.0. The first-order valence-electron chi connectivity index (χ1n) is 9.56. The van der Waals surface area contributed by atoms with Crippen molar-refractivity contribution >= 4 is 63.8 Å². The minimum absolute atomic E-state index is 0.0246. The number of nitrogens with zero attached hydrogens (tertiary/aromatic N) is 1. The summed E-state index contributed by atoms with van der Waals surface area (Å²) < 4.78 is 5.78. The van der Waals surface area contributed by atoms with Crippen molar-refractivity contribution in [2.24, 2.45) is 0 Å². The van der Waals surface area contributed by atoms with Crippen molar-refractivity contribution in [2.45, 2.75) is 13.2 Å². The summed E-state index contributed by atoms with van der Waals surface area (Å²) in [5.41, 5.74) is 2.29. The fourth-order valence-corrected chi connectivity index (χ4v) is 4.65. The van der Waals surface area contributed by atoms with Crippen LogP contribution in [0, 0.1) is 0 Å². The molecule has 0 N–H and O–H groups in total. The molecule has 0 unspecified atom stereocenters. The van der Waals surface area contributed by atoms with Crippen molar-refractivity contribution in [2.75, 3.05) is 0 Å². The third-order valence-electron chi connectivity index (χ3n) is 4.72. The predicted molar refractivity (Wildman–Crippen MR) is 130 cm³/mol. The summed E-state index contributed by atoms with van der Waals surface area (Å²) in [5.74, 6) is 0.306. The molecule has 1 fully saturated rings. The highest BCUT2D eigenvalue weighted by molar-refractivity contribution is 8.18. The van der Waals surface area contributed by atoms with Crippen molar-refractivity contribution in [1.82, 2.24) is 4.90 Å². The lowest BCUT2D eigenvalue weighted by atomic mass is 10.2. The molecule has 0 saturated carbocycles. The van der Waals surface area contributed by atoms with E-state index in [0.29, 0.717) is 37.9 Å². The minimum Gasteiger partial charge on any atom is -0.489 e. The maximum absolute atomic E-state index is 12.8. The Hall–Kier alpha value is -2.44. The first-order valence-corrected chi connectivity index (χ1v) is 11.5. The van der Waals surface area contributed by atoms with Crippen molar-refractivity contribution in [1.29, 1.82) is 0 Å². The zero-order valence-corrected chi connectivity index (χ0v) is 19.6. The first-order chi connectivity index (χ1) is 15.4. The number of halogens is 3. The Labute approximate surface area is 204 Å². The average Bonchev–Trinajstić information content (AvgIpc) is 3.03. The summed E-state index contributed by atoms with van der Waals surface area (Å²) in [5, 5.41) is 1.12. The smallest absolute Gasteiger partial charge is 0.293 e. The van der Waals surface area contributed by atoms with E-state index in [1.807, 2.05) is 48.5 Å². The molecular formula is C24H16Cl3NO3S. The molecule has 162 valence electrons. The Morgan fingerprint density at radius 1 is 0.906 bits per heavy atom. The molecule has 3 aromatic carbocycles. The van der Waals surface area contributed by atoms with E-state index in [1.54, 1.807) is 24.3 Å². The van der Waals surface area contributed by atoms with Gasteiger partial charge in [-0.2, -0.15) is 0 Å². The van der Waals surface area contributed by atoms with Gasteiger partial charge >= 0.3 is 0 Å². The topological polar surface area (TPSA) is 46.6 Å². The lowest BCUT2D eigenvalue weighted by Crippen LogP contribution is -2.27. The van der Waals surface area contributed by atoms with Gasteiger partial charge in [0.2, 0.25) is 0 Å². The van der Waals surface area contributed by atoms with Crippen LogP contribution in [-0.2, 0) is 17.9 Å². The molecule has 1 aliphatic heterocycles. The van der Waals surface area contributed by atoms with Crippen LogP contribution in [0.5, 0.6) is 5.75 Å². The Balaban J connectivity index is 1.43. The van der Waals surface area contributed by atoms with Gasteiger partial charge in [0, 0.05) is 20.6 Å². The fraction of sp³-hybridized carbons (Fsp3) is 0.0833. The number of hydrogen-bond acceptors (Lipinski definition) is 4. The number of carbonyl (C=O) groups is 2. The van der Waals surface area contributed by atoms with Crippen molar-refractivity contribution in [3.8, 4) is 5.75 Å². The molecule has 8 heteroatoms. The number of rotatable bonds is 6. The molecule has 0 aromatic heterocycles. The summed E-state index contributed by atoms with van der Waals surface area (Å²) in [6.45, 7) is 0.417. The predicted octanol–water partition coefficient (Wildman–Crippen LogP) is 7.46. The standard InChI is InChI=1S/C24H16Cl3NO3S/c25-17-4-1-3-16(11-17)14-31-18-9-7-15(8-10-18)12-22-23(29)28(24(30)32-22)13-19-20(26)5-2-6-21(19)27/h1-12H,13-14H2/b22-12-. The molecular weight excluding hydrogens is 489 g/mol. The van der Waals surface area contributed by atoms with E-state index >= 15 is 0 Å². The summed E-state index contributed by atoms with van der Waals surface area (Å²) in [4.78, 5) is 26.7. The molecule has 2 amide bonds. The van der Waals surface area contributed by atoms with Gasteiger partial charge < -0.3 is 4.74 Å². The first kappa shape index (κ1) is 22.7. The molecule has 1 heterocycles. The lowest BCUT2D eigenvalue weighted by Gasteiger charge is -2.14. The van der Waals surface area contributed by atoms with Crippen molar-refractivity contribution in [3.63, 3.8) is 0 Å². The molecule has 0 atom stereocenters. The van der Waals surface area contributed by atoms with Crippen molar-refractivity contribution < 1.29 is 14.3 Å². The van der Waals surface area contributed by atoms with Crippen molar-refractivity contribution in [3.05, 3.63) is 103 Å². The lowest BCUT2D eigenvalue weighted by molar-refractivity contribution is -0.123. The van der Waals surface area contributed by atoms with Gasteiger partial charge in [0.05, 0.1) is 11.4 Å². The quantitative estimate of drug-likeness (QED) is 0.327. The van der Waals surface area contributed by atoms with Crippen LogP contribution in [-0.4, -0.2) is 16.0 Å². The molecule has 1 saturated heterocycles. The van der Waals surface area contributed by atoms with E-state index in [1.165, 1.54) is 0 Å². The maximum Gasteiger partial charge on any atom is 0.293 e. The third-order valence-corrected chi connectivity index (χ3v) is 6.57. The summed E-state index contributed by atoms with van der Waals surface area (Å²) in [7, 11) is 0. The van der Waals surface area contributed by atoms with E-state index in [4.69, 9.17) is 39.5 Å². The van der Waals surface area contributed by atoms with Gasteiger partial charge in [0.1, 0.15) is 12.4 Å². The van der Waals surface area contributed by atoms with Crippen LogP contribution in [0.2, 0.25) is 15.1 Å². The van der Waals surface area contributed by atoms with Gasteiger partial charge in [-0.15, -0.1) is 0 Å². The van der Waals surface area contributed by atoms with Crippen LogP contribution in [0.1, 0.15) is 16.7 Å². The van der Waals surface area contributed by atoms with E-state index < -0.39 is 0 Å². The zero-order valence-electron chi connectivity index (χ0n) is 16.6. The molecule has 0 bridgehead atoms. The number of amides is 2. The highest BCUT2D eigenvalue weighted by Gasteiger charge is 2.35. The molecule has 1 aliphatic rings. The molecule has 0 radical (unpaired) electrons. The van der Waals surface area contributed by atoms with Gasteiger partial charge in [-0.25, -0.2) is 0 Å². The summed E-state index contributed by atoms with van der Waals surface area (Å²) in [6, 6.07) is 19.8. The molecule has 0 spiro atoms. The number of thioether (sulfide) groups is 1. The third kappa shape index (κ3) is 5.30. The summed E-state index contributed by atoms with van der Waals surface area (Å²) in [6.07, 6.45) is 1.68. The number of imide groups is 1. The van der Waals surface area contributed by atoms with Crippen LogP contribution >= 0.6 is 46.6 Å². The number of ether oxygens (including phenoxy) is 1. The molecule has 4 nitrogen and oxygen atoms in total. The average molecular weight is 505 g/mol. The fourth-order valence-electron chi connectivity index (χ4n) is 3.08. The monoisotopic (exact) mass is 503 g/mol. The summed E-state index contributed by atoms with van der Waals surface area (Å²) >= 11 is 19.2. The molecule has 3 aromatic rings. The van der Waals surface area contributed by atoms with E-state index in [0.717, 1.165) is 27.8 Å². The highest BCUT2D eigenvalue weighted by atomic mass is 35.5. The normalized spacial score (nSPS) is 15.0. The second-order valence-electron chi connectivity index (χ2n) is 6.96. The number of hydrogen-bond donors (Lipinski definition) is 0. The molecule has 4 rings (SSSR count). The Kier molecular flexibility index (Phi) is 7.11. The minimum atomic E-state index is -0.378. The largest absolute Gasteiger partial charge is 0.489 e. The van der Waals surface area contributed by atoms with Crippen LogP contribution in [0.15, 0.2) is 71.6 Å². The van der Waals surface area contributed by atoms with E-state index in [2.05, 4.69) is 0 Å². The Morgan fingerprint density at radius 3 is 2.28 bits per heavy atom. The van der Waals surface area contributed by atoms with Crippen LogP contribution in [0.3, 0.4) is 0 Å². The Bertz CT molecular complexity index is 1190. The number of carbonyl (C=O) groups excluding carboxylic acids is 2. The molecule has 0 aliphatic carbocycles. The van der Waals surface area contributed by atoms with Gasteiger partial charge in [-0.3, -0.25) is 14.5 Å². The SMILES string of the molecule is O=C1S/C(=C\c2ccc(OCc3cccc(Cl)c3)cc2)C(=O)N1Cc1c(Cl)cccc1Cl. The van der Waals surface area contributed by atoms with Crippen LogP contribution < -0.4 is 4.74 Å². The van der Waals surface area contributed by atoms with Gasteiger partial charge in [-0.1, -0.05) is 65.1 Å². The van der Waals surface area contributed by atoms with Crippen LogP contribution in [0.4, 0.5) is 4.79 Å². The van der Waals surface area contributed by atoms with E-state index in [9.17, 15) is 9.59 Å². The second-order valence-corrected chi connectivity index (χ2v) is 9.20. The Morgan fingerprint density at radius 2 is 1.59 bits per heavy atom. The highest BCUT2D eigenvalue weighted by Crippen LogP contribution is 2.35.